The van der Waals surface area contributed by atoms with Crippen molar-refractivity contribution in [2.75, 3.05) is 23.8 Å². The normalized spacial score (nSPS) is 21.8. The van der Waals surface area contributed by atoms with Crippen LogP contribution >= 0.6 is 11.8 Å². The van der Waals surface area contributed by atoms with E-state index < -0.39 is 25.2 Å². The lowest BCUT2D eigenvalue weighted by Crippen LogP contribution is -2.50. The maximum Gasteiger partial charge on any atom is 0.244 e. The van der Waals surface area contributed by atoms with Crippen LogP contribution in [-0.2, 0) is 19.9 Å². The minimum Gasteiger partial charge on any atom is -0.227 e. The Morgan fingerprint density at radius 1 is 1.20 bits per heavy atom. The monoisotopic (exact) mass is 335 g/mol. The molecule has 0 aliphatic carbocycles. The molecule has 0 aromatic heterocycles. The number of benzene rings is 1. The van der Waals surface area contributed by atoms with Gasteiger partial charge < -0.3 is 0 Å². The van der Waals surface area contributed by atoms with E-state index in [1.165, 1.54) is 23.9 Å². The van der Waals surface area contributed by atoms with Gasteiger partial charge in [-0.15, -0.1) is 0 Å². The summed E-state index contributed by atoms with van der Waals surface area (Å²) in [4.78, 5) is 0.142. The summed E-state index contributed by atoms with van der Waals surface area (Å²) in [5, 5.41) is -0.962. The highest BCUT2D eigenvalue weighted by molar-refractivity contribution is 8.01. The molecule has 1 aliphatic rings. The van der Waals surface area contributed by atoms with Gasteiger partial charge in [0.25, 0.3) is 0 Å². The fraction of sp³-hybridized carbons (Fsp3) is 0.500. The molecule has 112 valence electrons. The number of sulfone groups is 1. The molecule has 1 saturated heterocycles. The lowest BCUT2D eigenvalue weighted by molar-refractivity contribution is 0.404. The van der Waals surface area contributed by atoms with E-state index in [0.29, 0.717) is 11.5 Å². The Balaban J connectivity index is 2.43. The van der Waals surface area contributed by atoms with Gasteiger partial charge in [0.2, 0.25) is 10.0 Å². The van der Waals surface area contributed by atoms with E-state index in [1.807, 2.05) is 0 Å². The molecule has 8 heteroatoms. The van der Waals surface area contributed by atoms with E-state index in [2.05, 4.69) is 0 Å². The summed E-state index contributed by atoms with van der Waals surface area (Å²) in [6.07, 6.45) is 0. The van der Waals surface area contributed by atoms with Crippen LogP contribution in [0, 0.1) is 0 Å². The second-order valence-corrected chi connectivity index (χ2v) is 9.90. The molecule has 1 aromatic rings. The van der Waals surface area contributed by atoms with Gasteiger partial charge in [-0.25, -0.2) is 16.8 Å². The Kier molecular flexibility index (Phi) is 4.78. The standard InChI is InChI=1S/C12H17NO4S3/c1-2-19(14,15)12-10-18-9-8-13(12)20(16,17)11-6-4-3-5-7-11/h3-7,12H,2,8-10H2,1H3. The molecule has 0 saturated carbocycles. The first-order valence-corrected chi connectivity index (χ1v) is 10.6. The number of sulfonamides is 1. The molecule has 2 rings (SSSR count). The maximum atomic E-state index is 12.6. The van der Waals surface area contributed by atoms with Crippen LogP contribution in [0.25, 0.3) is 0 Å². The van der Waals surface area contributed by atoms with Crippen molar-refractivity contribution in [2.24, 2.45) is 0 Å². The molecule has 20 heavy (non-hydrogen) atoms. The Morgan fingerprint density at radius 2 is 1.85 bits per heavy atom. The van der Waals surface area contributed by atoms with Crippen molar-refractivity contribution in [1.29, 1.82) is 0 Å². The molecule has 0 bridgehead atoms. The zero-order valence-corrected chi connectivity index (χ0v) is 13.5. The summed E-state index contributed by atoms with van der Waals surface area (Å²) in [7, 11) is -7.20. The lowest BCUT2D eigenvalue weighted by atomic mass is 10.4. The predicted molar refractivity (Wildman–Crippen MR) is 80.9 cm³/mol. The molecular formula is C12H17NO4S3. The molecule has 1 aliphatic heterocycles. The van der Waals surface area contributed by atoms with Crippen LogP contribution in [0.3, 0.4) is 0 Å². The molecule has 0 amide bonds. The molecule has 1 heterocycles. The highest BCUT2D eigenvalue weighted by Gasteiger charge is 2.40. The third-order valence-electron chi connectivity index (χ3n) is 3.20. The van der Waals surface area contributed by atoms with Crippen molar-refractivity contribution < 1.29 is 16.8 Å². The minimum absolute atomic E-state index is 0.0565. The second-order valence-electron chi connectivity index (χ2n) is 4.41. The molecule has 1 aromatic carbocycles. The quantitative estimate of drug-likeness (QED) is 0.826. The highest BCUT2D eigenvalue weighted by Crippen LogP contribution is 2.27. The number of rotatable bonds is 4. The van der Waals surface area contributed by atoms with Gasteiger partial charge in [-0.05, 0) is 12.1 Å². The van der Waals surface area contributed by atoms with Gasteiger partial charge in [0.05, 0.1) is 4.90 Å². The van der Waals surface area contributed by atoms with Crippen molar-refractivity contribution in [1.82, 2.24) is 4.31 Å². The highest BCUT2D eigenvalue weighted by atomic mass is 32.2. The van der Waals surface area contributed by atoms with Gasteiger partial charge in [-0.3, -0.25) is 0 Å². The van der Waals surface area contributed by atoms with E-state index in [9.17, 15) is 16.8 Å². The SMILES string of the molecule is CCS(=O)(=O)C1CSCCN1S(=O)(=O)c1ccccc1. The van der Waals surface area contributed by atoms with Crippen LogP contribution in [0.15, 0.2) is 35.2 Å². The average molecular weight is 335 g/mol. The molecule has 5 nitrogen and oxygen atoms in total. The first-order chi connectivity index (χ1) is 9.39. The summed E-state index contributed by atoms with van der Waals surface area (Å²) < 4.78 is 50.6. The summed E-state index contributed by atoms with van der Waals surface area (Å²) in [5.41, 5.74) is 0. The van der Waals surface area contributed by atoms with Gasteiger partial charge in [-0.1, -0.05) is 25.1 Å². The second kappa shape index (κ2) is 6.05. The van der Waals surface area contributed by atoms with Crippen molar-refractivity contribution in [2.45, 2.75) is 17.2 Å². The molecule has 0 N–H and O–H groups in total. The molecular weight excluding hydrogens is 318 g/mol. The van der Waals surface area contributed by atoms with Crippen LogP contribution in [0.1, 0.15) is 6.92 Å². The van der Waals surface area contributed by atoms with Crippen LogP contribution in [0.5, 0.6) is 0 Å². The lowest BCUT2D eigenvalue weighted by Gasteiger charge is -2.33. The van der Waals surface area contributed by atoms with Gasteiger partial charge in [0.15, 0.2) is 9.84 Å². The summed E-state index contributed by atoms with van der Waals surface area (Å²) in [5.74, 6) is 0.850. The van der Waals surface area contributed by atoms with Crippen molar-refractivity contribution >= 4 is 31.6 Å². The van der Waals surface area contributed by atoms with Crippen LogP contribution in [-0.4, -0.2) is 50.3 Å². The molecule has 1 unspecified atom stereocenters. The number of thioether (sulfide) groups is 1. The van der Waals surface area contributed by atoms with Gasteiger partial charge >= 0.3 is 0 Å². The third kappa shape index (κ3) is 3.03. The smallest absolute Gasteiger partial charge is 0.227 e. The Bertz CT molecular complexity index is 655. The van der Waals surface area contributed by atoms with Gasteiger partial charge in [-0.2, -0.15) is 16.1 Å². The predicted octanol–water partition coefficient (Wildman–Crippen LogP) is 1.18. The number of hydrogen-bond donors (Lipinski definition) is 0. The van der Waals surface area contributed by atoms with Gasteiger partial charge in [0.1, 0.15) is 5.37 Å². The van der Waals surface area contributed by atoms with Crippen LogP contribution in [0.2, 0.25) is 0 Å². The number of nitrogens with zero attached hydrogens (tertiary/aromatic N) is 1. The summed E-state index contributed by atoms with van der Waals surface area (Å²) >= 11 is 1.48. The Labute approximate surface area is 124 Å². The fourth-order valence-electron chi connectivity index (χ4n) is 2.04. The van der Waals surface area contributed by atoms with Crippen LogP contribution in [0.4, 0.5) is 0 Å². The largest absolute Gasteiger partial charge is 0.244 e. The zero-order chi connectivity index (χ0) is 14.8. The summed E-state index contributed by atoms with van der Waals surface area (Å²) in [6.45, 7) is 1.77. The topological polar surface area (TPSA) is 71.5 Å². The van der Waals surface area contributed by atoms with E-state index in [-0.39, 0.29) is 17.2 Å². The third-order valence-corrected chi connectivity index (χ3v) is 8.55. The van der Waals surface area contributed by atoms with E-state index in [1.54, 1.807) is 25.1 Å². The molecule has 1 atom stereocenters. The fourth-order valence-corrected chi connectivity index (χ4v) is 7.32. The first-order valence-electron chi connectivity index (χ1n) is 6.26. The van der Waals surface area contributed by atoms with Crippen molar-refractivity contribution in [3.63, 3.8) is 0 Å². The zero-order valence-electron chi connectivity index (χ0n) is 11.1. The van der Waals surface area contributed by atoms with E-state index >= 15 is 0 Å². The van der Waals surface area contributed by atoms with Crippen LogP contribution < -0.4 is 0 Å². The van der Waals surface area contributed by atoms with E-state index in [4.69, 9.17) is 0 Å². The molecule has 0 radical (unpaired) electrons. The summed E-state index contributed by atoms with van der Waals surface area (Å²) in [6, 6.07) is 7.98. The molecule has 1 fully saturated rings. The Morgan fingerprint density at radius 3 is 2.45 bits per heavy atom. The minimum atomic E-state index is -3.76. The average Bonchev–Trinajstić information content (AvgIpc) is 2.48. The Hall–Kier alpha value is -0.570. The van der Waals surface area contributed by atoms with Crippen molar-refractivity contribution in [3.8, 4) is 0 Å². The molecule has 0 spiro atoms. The first kappa shape index (κ1) is 15.8. The maximum absolute atomic E-state index is 12.6. The van der Waals surface area contributed by atoms with E-state index in [0.717, 1.165) is 4.31 Å². The number of hydrogen-bond acceptors (Lipinski definition) is 5. The van der Waals surface area contributed by atoms with Crippen molar-refractivity contribution in [3.05, 3.63) is 30.3 Å². The van der Waals surface area contributed by atoms with Gasteiger partial charge in [0, 0.05) is 23.8 Å².